The van der Waals surface area contributed by atoms with E-state index in [-0.39, 0.29) is 5.97 Å². The van der Waals surface area contributed by atoms with E-state index in [9.17, 15) is 9.36 Å². The number of phosphoric ester groups is 1. The van der Waals surface area contributed by atoms with Gasteiger partial charge in [0.1, 0.15) is 17.2 Å². The van der Waals surface area contributed by atoms with Crippen molar-refractivity contribution in [1.29, 1.82) is 0 Å². The molecule has 3 rings (SSSR count). The predicted molar refractivity (Wildman–Crippen MR) is 125 cm³/mol. The summed E-state index contributed by atoms with van der Waals surface area (Å²) in [7, 11) is -3.93. The van der Waals surface area contributed by atoms with Crippen molar-refractivity contribution >= 4 is 13.8 Å². The van der Waals surface area contributed by atoms with Gasteiger partial charge in [-0.3, -0.25) is 4.79 Å². The number of carbonyl (C=O) groups is 1. The van der Waals surface area contributed by atoms with E-state index in [0.29, 0.717) is 23.9 Å². The van der Waals surface area contributed by atoms with Crippen LogP contribution in [-0.2, 0) is 14.1 Å². The quantitative estimate of drug-likeness (QED) is 0.287. The summed E-state index contributed by atoms with van der Waals surface area (Å²) < 4.78 is 34.6. The van der Waals surface area contributed by atoms with Gasteiger partial charge >= 0.3 is 13.8 Å². The highest BCUT2D eigenvalue weighted by atomic mass is 31.2. The van der Waals surface area contributed by atoms with Crippen LogP contribution in [0.1, 0.15) is 30.5 Å². The van der Waals surface area contributed by atoms with Crippen LogP contribution in [0.4, 0.5) is 0 Å². The van der Waals surface area contributed by atoms with Crippen molar-refractivity contribution in [2.75, 3.05) is 6.61 Å². The Hall–Kier alpha value is -3.24. The van der Waals surface area contributed by atoms with Gasteiger partial charge in [0.15, 0.2) is 0 Å². The molecule has 0 aliphatic carbocycles. The lowest BCUT2D eigenvalue weighted by atomic mass is 10.2. The monoisotopic (exact) mass is 456 g/mol. The molecule has 0 N–H and O–H groups in total. The van der Waals surface area contributed by atoms with Crippen molar-refractivity contribution in [3.63, 3.8) is 0 Å². The molecule has 0 saturated heterocycles. The lowest BCUT2D eigenvalue weighted by molar-refractivity contribution is -0.140. The van der Waals surface area contributed by atoms with Crippen molar-refractivity contribution in [3.05, 3.63) is 89.5 Å². The van der Waals surface area contributed by atoms with E-state index >= 15 is 0 Å². The van der Waals surface area contributed by atoms with E-state index in [1.54, 1.807) is 43.3 Å². The Morgan fingerprint density at radius 1 is 0.656 bits per heavy atom. The Morgan fingerprint density at radius 3 is 1.12 bits per heavy atom. The van der Waals surface area contributed by atoms with Crippen LogP contribution in [0.2, 0.25) is 0 Å². The summed E-state index contributed by atoms with van der Waals surface area (Å²) in [6.07, 6.45) is 0. The van der Waals surface area contributed by atoms with E-state index in [4.69, 9.17) is 13.6 Å². The average molecular weight is 456 g/mol. The molecular formula is C25H29O6P. The van der Waals surface area contributed by atoms with Gasteiger partial charge in [-0.25, -0.2) is 0 Å². The van der Waals surface area contributed by atoms with Crippen molar-refractivity contribution in [2.24, 2.45) is 0 Å². The fourth-order valence-electron chi connectivity index (χ4n) is 2.44. The summed E-state index contributed by atoms with van der Waals surface area (Å²) in [6.45, 7) is 9.55. The normalized spacial score (nSPS) is 10.4. The molecule has 0 saturated carbocycles. The maximum absolute atomic E-state index is 13.3. The first-order chi connectivity index (χ1) is 15.2. The van der Waals surface area contributed by atoms with Crippen molar-refractivity contribution in [2.45, 2.75) is 34.6 Å². The molecule has 3 aromatic rings. The summed E-state index contributed by atoms with van der Waals surface area (Å²) in [5.74, 6) is 1.03. The molecule has 6 nitrogen and oxygen atoms in total. The molecule has 0 unspecified atom stereocenters. The van der Waals surface area contributed by atoms with Gasteiger partial charge in [0.05, 0.1) is 6.61 Å². The minimum Gasteiger partial charge on any atom is -0.466 e. The lowest BCUT2D eigenvalue weighted by Crippen LogP contribution is -2.07. The maximum atomic E-state index is 13.3. The minimum absolute atomic E-state index is 0.211. The molecule has 0 spiro atoms. The van der Waals surface area contributed by atoms with E-state index in [1.165, 1.54) is 6.92 Å². The number of ether oxygens (including phenoxy) is 1. The number of phosphoric acid groups is 1. The molecule has 7 heteroatoms. The highest BCUT2D eigenvalue weighted by Gasteiger charge is 2.33. The SMILES string of the molecule is CCOC(C)=O.Cc1ccc(OP(=O)(Oc2ccc(C)cc2)Oc2ccc(C)cc2)cc1. The van der Waals surface area contributed by atoms with Crippen LogP contribution < -0.4 is 13.6 Å². The Kier molecular flexibility index (Phi) is 9.36. The number of esters is 1. The number of benzene rings is 3. The summed E-state index contributed by atoms with van der Waals surface area (Å²) in [4.78, 5) is 9.82. The van der Waals surface area contributed by atoms with Gasteiger partial charge in [0.25, 0.3) is 0 Å². The number of hydrogen-bond donors (Lipinski definition) is 0. The third kappa shape index (κ3) is 8.86. The zero-order valence-electron chi connectivity index (χ0n) is 19.0. The van der Waals surface area contributed by atoms with Gasteiger partial charge in [-0.15, -0.1) is 0 Å². The van der Waals surface area contributed by atoms with E-state index < -0.39 is 7.82 Å². The minimum atomic E-state index is -3.93. The molecular weight excluding hydrogens is 427 g/mol. The van der Waals surface area contributed by atoms with Crippen molar-refractivity contribution in [3.8, 4) is 17.2 Å². The summed E-state index contributed by atoms with van der Waals surface area (Å²) >= 11 is 0. The molecule has 0 fully saturated rings. The molecule has 32 heavy (non-hydrogen) atoms. The standard InChI is InChI=1S/C21H21O4P.C4H8O2/c1-16-4-10-19(11-5-16)23-26(22,24-20-12-6-17(2)7-13-20)25-21-14-8-18(3)9-15-21;1-3-6-4(2)5/h4-15H,1-3H3;3H2,1-2H3. The van der Waals surface area contributed by atoms with Gasteiger partial charge < -0.3 is 18.3 Å². The number of carbonyl (C=O) groups excluding carboxylic acids is 1. The van der Waals surface area contributed by atoms with Gasteiger partial charge in [-0.1, -0.05) is 53.1 Å². The van der Waals surface area contributed by atoms with Crippen LogP contribution in [0.3, 0.4) is 0 Å². The third-order valence-corrected chi connectivity index (χ3v) is 5.37. The number of aryl methyl sites for hydroxylation is 3. The molecule has 0 amide bonds. The zero-order valence-corrected chi connectivity index (χ0v) is 19.9. The molecule has 0 bridgehead atoms. The highest BCUT2D eigenvalue weighted by molar-refractivity contribution is 7.49. The van der Waals surface area contributed by atoms with Crippen LogP contribution in [0.5, 0.6) is 17.2 Å². The molecule has 0 radical (unpaired) electrons. The third-order valence-electron chi connectivity index (χ3n) is 4.06. The fourth-order valence-corrected chi connectivity index (χ4v) is 3.70. The van der Waals surface area contributed by atoms with E-state index in [2.05, 4.69) is 4.74 Å². The largest absolute Gasteiger partial charge is 0.647 e. The van der Waals surface area contributed by atoms with E-state index in [0.717, 1.165) is 16.7 Å². The van der Waals surface area contributed by atoms with Crippen LogP contribution >= 0.6 is 7.82 Å². The van der Waals surface area contributed by atoms with Crippen LogP contribution in [0, 0.1) is 20.8 Å². The topological polar surface area (TPSA) is 71.1 Å². The predicted octanol–water partition coefficient (Wildman–Crippen LogP) is 6.83. The summed E-state index contributed by atoms with van der Waals surface area (Å²) in [5.41, 5.74) is 3.23. The van der Waals surface area contributed by atoms with Gasteiger partial charge in [0, 0.05) is 6.92 Å². The Balaban J connectivity index is 0.000000534. The summed E-state index contributed by atoms with van der Waals surface area (Å²) in [6, 6.07) is 21.6. The van der Waals surface area contributed by atoms with Crippen LogP contribution in [0.15, 0.2) is 72.8 Å². The number of rotatable bonds is 7. The summed E-state index contributed by atoms with van der Waals surface area (Å²) in [5, 5.41) is 0. The maximum Gasteiger partial charge on any atom is 0.647 e. The molecule has 0 heterocycles. The zero-order chi connectivity index (χ0) is 23.6. The molecule has 0 atom stereocenters. The van der Waals surface area contributed by atoms with Gasteiger partial charge in [-0.05, 0) is 64.1 Å². The van der Waals surface area contributed by atoms with Crippen LogP contribution in [-0.4, -0.2) is 12.6 Å². The molecule has 0 aliphatic heterocycles. The van der Waals surface area contributed by atoms with Crippen molar-refractivity contribution < 1.29 is 27.7 Å². The lowest BCUT2D eigenvalue weighted by Gasteiger charge is -2.19. The molecule has 0 aromatic heterocycles. The van der Waals surface area contributed by atoms with E-state index in [1.807, 2.05) is 57.2 Å². The van der Waals surface area contributed by atoms with Crippen LogP contribution in [0.25, 0.3) is 0 Å². The molecule has 0 aliphatic rings. The molecule has 3 aromatic carbocycles. The average Bonchev–Trinajstić information content (AvgIpc) is 2.74. The second-order valence-corrected chi connectivity index (χ2v) is 8.53. The highest BCUT2D eigenvalue weighted by Crippen LogP contribution is 2.49. The van der Waals surface area contributed by atoms with Gasteiger partial charge in [-0.2, -0.15) is 4.57 Å². The number of hydrogen-bond acceptors (Lipinski definition) is 6. The second kappa shape index (κ2) is 12.0. The first-order valence-corrected chi connectivity index (χ1v) is 11.7. The molecule has 170 valence electrons. The second-order valence-electron chi connectivity index (χ2n) is 7.08. The van der Waals surface area contributed by atoms with Gasteiger partial charge in [0.2, 0.25) is 0 Å². The smallest absolute Gasteiger partial charge is 0.466 e. The Morgan fingerprint density at radius 2 is 0.938 bits per heavy atom. The first-order valence-electron chi connectivity index (χ1n) is 10.2. The van der Waals surface area contributed by atoms with Crippen molar-refractivity contribution in [1.82, 2.24) is 0 Å². The fraction of sp³-hybridized carbons (Fsp3) is 0.240. The first kappa shape index (κ1) is 25.0. The Labute approximate surface area is 189 Å². The Bertz CT molecular complexity index is 905.